The molecule has 1 saturated heterocycles. The highest BCUT2D eigenvalue weighted by Crippen LogP contribution is 2.61. The van der Waals surface area contributed by atoms with E-state index < -0.39 is 30.6 Å². The van der Waals surface area contributed by atoms with Crippen LogP contribution in [0.4, 0.5) is 0 Å². The Morgan fingerprint density at radius 2 is 1.45 bits per heavy atom. The summed E-state index contributed by atoms with van der Waals surface area (Å²) >= 11 is 0. The van der Waals surface area contributed by atoms with Crippen molar-refractivity contribution in [2.75, 3.05) is 6.61 Å². The number of carbonyl (C=O) groups is 2. The Morgan fingerprint density at radius 1 is 0.886 bits per heavy atom. The fraction of sp³-hybridized carbons (Fsp3) is 0.611. The number of aliphatic hydroxyl groups is 1. The number of carbonyl (C=O) groups excluding carboxylic acids is 2. The fourth-order valence-electron chi connectivity index (χ4n) is 8.59. The second kappa shape index (κ2) is 14.1. The first-order valence-electron chi connectivity index (χ1n) is 16.5. The van der Waals surface area contributed by atoms with Gasteiger partial charge in [0.05, 0.1) is 19.6 Å². The van der Waals surface area contributed by atoms with Gasteiger partial charge in [-0.25, -0.2) is 0 Å². The van der Waals surface area contributed by atoms with E-state index in [2.05, 4.69) is 5.32 Å². The van der Waals surface area contributed by atoms with E-state index in [1.165, 1.54) is 19.3 Å². The van der Waals surface area contributed by atoms with E-state index in [9.17, 15) is 14.7 Å². The van der Waals surface area contributed by atoms with E-state index in [4.69, 9.17) is 18.9 Å². The second-order valence-electron chi connectivity index (χ2n) is 13.7. The molecule has 2 N–H and O–H groups in total. The smallest absolute Gasteiger partial charge is 0.306 e. The molecule has 8 nitrogen and oxygen atoms in total. The quantitative estimate of drug-likeness (QED) is 0.299. The molecule has 8 heteroatoms. The zero-order chi connectivity index (χ0) is 30.5. The van der Waals surface area contributed by atoms with E-state index in [0.717, 1.165) is 48.1 Å². The largest absolute Gasteiger partial charge is 0.463 e. The molecule has 1 heterocycles. The number of ether oxygens (including phenoxy) is 4. The monoisotopic (exact) mass is 605 g/mol. The first kappa shape index (κ1) is 31.2. The van der Waals surface area contributed by atoms with Crippen LogP contribution in [-0.2, 0) is 41.8 Å². The highest BCUT2D eigenvalue weighted by Gasteiger charge is 2.52. The van der Waals surface area contributed by atoms with Crippen LogP contribution in [0.25, 0.3) is 0 Å². The van der Waals surface area contributed by atoms with Gasteiger partial charge in [-0.2, -0.15) is 0 Å². The average Bonchev–Trinajstić information content (AvgIpc) is 3.00. The maximum atomic E-state index is 13.3. The SMILES string of the molecule is CCCC(=O)N[C@H]1C(OCc2ccccc2)O[C@H](COC(=O)CC23CC4CC(CC(C4)C2)C3)[C@@H](O)[C@@H]1OCc1ccccc1. The van der Waals surface area contributed by atoms with Crippen LogP contribution in [0.3, 0.4) is 0 Å². The van der Waals surface area contributed by atoms with Crippen molar-refractivity contribution in [1.82, 2.24) is 5.32 Å². The third-order valence-electron chi connectivity index (χ3n) is 10.1. The summed E-state index contributed by atoms with van der Waals surface area (Å²) in [7, 11) is 0. The maximum Gasteiger partial charge on any atom is 0.306 e. The molecule has 1 unspecified atom stereocenters. The number of rotatable bonds is 13. The Morgan fingerprint density at radius 3 is 2.02 bits per heavy atom. The number of hydrogen-bond donors (Lipinski definition) is 2. The molecule has 7 rings (SSSR count). The molecule has 5 aliphatic rings. The molecule has 1 aliphatic heterocycles. The van der Waals surface area contributed by atoms with Crippen LogP contribution in [0.5, 0.6) is 0 Å². The molecule has 238 valence electrons. The van der Waals surface area contributed by atoms with Crippen LogP contribution in [0.1, 0.15) is 75.8 Å². The van der Waals surface area contributed by atoms with Gasteiger partial charge >= 0.3 is 5.97 Å². The summed E-state index contributed by atoms with van der Waals surface area (Å²) in [4.78, 5) is 26.1. The van der Waals surface area contributed by atoms with Crippen LogP contribution in [0.15, 0.2) is 60.7 Å². The standard InChI is InChI=1S/C36H47NO7/c1-2-9-30(38)37-32-34(42-21-24-10-5-3-6-11-24)33(40)29(44-35(32)43-22-25-12-7-4-8-13-25)23-41-31(39)20-36-17-26-14-27(18-36)16-28(15-26)19-36/h3-8,10-13,26-29,32-35,40H,2,9,14-23H2,1H3,(H,37,38)/t26?,27?,28?,29-,32-,33-,34-,35?,36?/m1/s1. The molecule has 0 radical (unpaired) electrons. The van der Waals surface area contributed by atoms with Crippen molar-refractivity contribution >= 4 is 11.9 Å². The maximum absolute atomic E-state index is 13.3. The number of aliphatic hydroxyl groups excluding tert-OH is 1. The molecule has 0 aromatic heterocycles. The van der Waals surface area contributed by atoms with Crippen LogP contribution >= 0.6 is 0 Å². The van der Waals surface area contributed by atoms with E-state index in [1.54, 1.807) is 0 Å². The molecule has 5 atom stereocenters. The third kappa shape index (κ3) is 7.53. The van der Waals surface area contributed by atoms with Gasteiger partial charge in [0, 0.05) is 6.42 Å². The van der Waals surface area contributed by atoms with Crippen molar-refractivity contribution < 1.29 is 33.6 Å². The lowest BCUT2D eigenvalue weighted by Crippen LogP contribution is -2.65. The van der Waals surface area contributed by atoms with Gasteiger partial charge in [0.2, 0.25) is 5.91 Å². The fourth-order valence-corrected chi connectivity index (χ4v) is 8.59. The number of amides is 1. The lowest BCUT2D eigenvalue weighted by molar-refractivity contribution is -0.282. The van der Waals surface area contributed by atoms with E-state index in [1.807, 2.05) is 67.6 Å². The van der Waals surface area contributed by atoms with Gasteiger partial charge in [-0.15, -0.1) is 0 Å². The first-order chi connectivity index (χ1) is 21.4. The summed E-state index contributed by atoms with van der Waals surface area (Å²) in [5, 5.41) is 14.6. The summed E-state index contributed by atoms with van der Waals surface area (Å²) in [6.07, 6.45) is 4.96. The molecule has 5 fully saturated rings. The van der Waals surface area contributed by atoms with Crippen molar-refractivity contribution in [2.45, 2.75) is 109 Å². The molecule has 2 aromatic rings. The van der Waals surface area contributed by atoms with Gasteiger partial charge in [-0.1, -0.05) is 67.6 Å². The minimum atomic E-state index is -1.16. The molecule has 0 spiro atoms. The summed E-state index contributed by atoms with van der Waals surface area (Å²) in [6, 6.07) is 18.6. The van der Waals surface area contributed by atoms with Gasteiger partial charge in [-0.05, 0) is 79.2 Å². The average molecular weight is 606 g/mol. The summed E-state index contributed by atoms with van der Waals surface area (Å²) in [5.74, 6) is 1.85. The van der Waals surface area contributed by atoms with Crippen molar-refractivity contribution in [3.05, 3.63) is 71.8 Å². The van der Waals surface area contributed by atoms with E-state index >= 15 is 0 Å². The van der Waals surface area contributed by atoms with Gasteiger partial charge in [0.1, 0.15) is 31.0 Å². The van der Waals surface area contributed by atoms with Crippen molar-refractivity contribution in [2.24, 2.45) is 23.2 Å². The highest BCUT2D eigenvalue weighted by molar-refractivity contribution is 5.76. The van der Waals surface area contributed by atoms with Crippen LogP contribution in [-0.4, -0.2) is 54.2 Å². The van der Waals surface area contributed by atoms with Gasteiger partial charge < -0.3 is 29.4 Å². The number of benzene rings is 2. The van der Waals surface area contributed by atoms with Gasteiger partial charge in [-0.3, -0.25) is 9.59 Å². The molecular formula is C36H47NO7. The number of nitrogens with one attached hydrogen (secondary N) is 1. The zero-order valence-corrected chi connectivity index (χ0v) is 25.8. The van der Waals surface area contributed by atoms with E-state index in [-0.39, 0.29) is 37.1 Å². The summed E-state index contributed by atoms with van der Waals surface area (Å²) < 4.78 is 24.7. The third-order valence-corrected chi connectivity index (χ3v) is 10.1. The molecule has 2 aromatic carbocycles. The molecule has 44 heavy (non-hydrogen) atoms. The Labute approximate surface area is 260 Å². The lowest BCUT2D eigenvalue weighted by atomic mass is 9.49. The predicted molar refractivity (Wildman–Crippen MR) is 164 cm³/mol. The first-order valence-corrected chi connectivity index (χ1v) is 16.5. The minimum Gasteiger partial charge on any atom is -0.463 e. The second-order valence-corrected chi connectivity index (χ2v) is 13.7. The van der Waals surface area contributed by atoms with Crippen molar-refractivity contribution in [1.29, 1.82) is 0 Å². The van der Waals surface area contributed by atoms with Crippen molar-refractivity contribution in [3.8, 4) is 0 Å². The van der Waals surface area contributed by atoms with Crippen LogP contribution in [0, 0.1) is 23.2 Å². The minimum absolute atomic E-state index is 0.0647. The normalized spacial score (nSPS) is 34.0. The Bertz CT molecular complexity index is 1200. The predicted octanol–water partition coefficient (Wildman–Crippen LogP) is 5.31. The van der Waals surface area contributed by atoms with Gasteiger partial charge in [0.25, 0.3) is 0 Å². The molecule has 4 aliphatic carbocycles. The summed E-state index contributed by atoms with van der Waals surface area (Å²) in [6.45, 7) is 2.29. The van der Waals surface area contributed by atoms with Crippen LogP contribution < -0.4 is 5.32 Å². The zero-order valence-electron chi connectivity index (χ0n) is 25.8. The Kier molecular flexibility index (Phi) is 10.0. The molecular weight excluding hydrogens is 558 g/mol. The number of esters is 1. The molecule has 1 amide bonds. The van der Waals surface area contributed by atoms with Crippen LogP contribution in [0.2, 0.25) is 0 Å². The van der Waals surface area contributed by atoms with Gasteiger partial charge in [0.15, 0.2) is 6.29 Å². The lowest BCUT2D eigenvalue weighted by Gasteiger charge is -2.56. The molecule has 4 saturated carbocycles. The highest BCUT2D eigenvalue weighted by atomic mass is 16.7. The topological polar surface area (TPSA) is 103 Å². The Balaban J connectivity index is 1.16. The van der Waals surface area contributed by atoms with E-state index in [0.29, 0.717) is 19.3 Å². The Hall–Kier alpha value is -2.78. The molecule has 4 bridgehead atoms. The van der Waals surface area contributed by atoms with Crippen molar-refractivity contribution in [3.63, 3.8) is 0 Å². The number of hydrogen-bond acceptors (Lipinski definition) is 7. The summed E-state index contributed by atoms with van der Waals surface area (Å²) in [5.41, 5.74) is 1.95.